The Hall–Kier alpha value is -2.36. The summed E-state index contributed by atoms with van der Waals surface area (Å²) in [6, 6.07) is 7.81. The zero-order valence-electron chi connectivity index (χ0n) is 10.1. The van der Waals surface area contributed by atoms with Crippen molar-refractivity contribution >= 4 is 12.0 Å². The van der Waals surface area contributed by atoms with Crippen LogP contribution in [0.5, 0.6) is 0 Å². The summed E-state index contributed by atoms with van der Waals surface area (Å²) < 4.78 is 4.82. The van der Waals surface area contributed by atoms with Crippen LogP contribution in [0.4, 0.5) is 0 Å². The van der Waals surface area contributed by atoms with Crippen molar-refractivity contribution in [3.8, 4) is 11.3 Å². The van der Waals surface area contributed by atoms with Crippen molar-refractivity contribution in [2.45, 2.75) is 6.92 Å². The van der Waals surface area contributed by atoms with E-state index in [9.17, 15) is 4.79 Å². The molecule has 0 spiro atoms. The van der Waals surface area contributed by atoms with Gasteiger partial charge in [-0.2, -0.15) is 0 Å². The zero-order valence-corrected chi connectivity index (χ0v) is 10.1. The van der Waals surface area contributed by atoms with Crippen molar-refractivity contribution in [3.05, 3.63) is 48.4 Å². The van der Waals surface area contributed by atoms with Crippen LogP contribution in [0.25, 0.3) is 17.3 Å². The SMILES string of the molecule is CCOC(=O)C=Cc1cccc(-c2cnc[nH]2)c1. The van der Waals surface area contributed by atoms with Crippen LogP contribution in [0.15, 0.2) is 42.9 Å². The average molecular weight is 242 g/mol. The van der Waals surface area contributed by atoms with Crippen molar-refractivity contribution in [2.75, 3.05) is 6.61 Å². The summed E-state index contributed by atoms with van der Waals surface area (Å²) in [7, 11) is 0. The second-order valence-corrected chi connectivity index (χ2v) is 3.68. The number of carbonyl (C=O) groups excluding carboxylic acids is 1. The van der Waals surface area contributed by atoms with Gasteiger partial charge in [0.1, 0.15) is 0 Å². The van der Waals surface area contributed by atoms with Gasteiger partial charge in [-0.05, 0) is 24.6 Å². The molecule has 1 aromatic heterocycles. The fourth-order valence-corrected chi connectivity index (χ4v) is 1.58. The third-order valence-corrected chi connectivity index (χ3v) is 2.39. The molecule has 1 heterocycles. The Balaban J connectivity index is 2.15. The Morgan fingerprint density at radius 2 is 2.39 bits per heavy atom. The van der Waals surface area contributed by atoms with Gasteiger partial charge in [0, 0.05) is 11.6 Å². The van der Waals surface area contributed by atoms with Gasteiger partial charge in [-0.25, -0.2) is 9.78 Å². The number of hydrogen-bond acceptors (Lipinski definition) is 3. The van der Waals surface area contributed by atoms with E-state index in [0.717, 1.165) is 16.8 Å². The first-order chi connectivity index (χ1) is 8.79. The number of rotatable bonds is 4. The normalized spacial score (nSPS) is 10.7. The molecular weight excluding hydrogens is 228 g/mol. The van der Waals surface area contributed by atoms with E-state index < -0.39 is 0 Å². The quantitative estimate of drug-likeness (QED) is 0.662. The highest BCUT2D eigenvalue weighted by molar-refractivity contribution is 5.87. The Morgan fingerprint density at radius 3 is 3.11 bits per heavy atom. The van der Waals surface area contributed by atoms with Gasteiger partial charge in [-0.15, -0.1) is 0 Å². The molecule has 0 fully saturated rings. The highest BCUT2D eigenvalue weighted by Crippen LogP contribution is 2.17. The molecule has 0 amide bonds. The molecule has 4 heteroatoms. The zero-order chi connectivity index (χ0) is 12.8. The molecule has 0 aliphatic heterocycles. The standard InChI is InChI=1S/C14H14N2O2/c1-2-18-14(17)7-6-11-4-3-5-12(8-11)13-9-15-10-16-13/h3-10H,2H2,1H3,(H,15,16). The second kappa shape index (κ2) is 5.82. The number of aromatic amines is 1. The summed E-state index contributed by atoms with van der Waals surface area (Å²) in [6.07, 6.45) is 6.55. The van der Waals surface area contributed by atoms with E-state index in [0.29, 0.717) is 6.61 Å². The molecule has 0 aliphatic rings. The number of esters is 1. The molecule has 0 saturated carbocycles. The van der Waals surface area contributed by atoms with Gasteiger partial charge >= 0.3 is 5.97 Å². The average Bonchev–Trinajstić information content (AvgIpc) is 2.91. The van der Waals surface area contributed by atoms with Crippen molar-refractivity contribution in [1.82, 2.24) is 9.97 Å². The number of carbonyl (C=O) groups is 1. The maximum Gasteiger partial charge on any atom is 0.330 e. The molecule has 2 rings (SSSR count). The first-order valence-electron chi connectivity index (χ1n) is 5.73. The van der Waals surface area contributed by atoms with E-state index in [2.05, 4.69) is 9.97 Å². The first kappa shape index (κ1) is 12.1. The van der Waals surface area contributed by atoms with Crippen molar-refractivity contribution in [2.24, 2.45) is 0 Å². The molecule has 92 valence electrons. The fraction of sp³-hybridized carbons (Fsp3) is 0.143. The van der Waals surface area contributed by atoms with E-state index >= 15 is 0 Å². The number of ether oxygens (including phenoxy) is 1. The van der Waals surface area contributed by atoms with E-state index in [1.165, 1.54) is 6.08 Å². The highest BCUT2D eigenvalue weighted by atomic mass is 16.5. The summed E-state index contributed by atoms with van der Waals surface area (Å²) in [6.45, 7) is 2.17. The van der Waals surface area contributed by atoms with Gasteiger partial charge < -0.3 is 9.72 Å². The van der Waals surface area contributed by atoms with Crippen molar-refractivity contribution in [3.63, 3.8) is 0 Å². The molecule has 0 saturated heterocycles. The van der Waals surface area contributed by atoms with Gasteiger partial charge in [0.25, 0.3) is 0 Å². The van der Waals surface area contributed by atoms with Crippen LogP contribution in [-0.2, 0) is 9.53 Å². The maximum absolute atomic E-state index is 11.2. The second-order valence-electron chi connectivity index (χ2n) is 3.68. The summed E-state index contributed by atoms with van der Waals surface area (Å²) in [5.74, 6) is -0.329. The molecule has 1 aromatic carbocycles. The minimum absolute atomic E-state index is 0.329. The van der Waals surface area contributed by atoms with Crippen LogP contribution < -0.4 is 0 Å². The molecule has 0 atom stereocenters. The Kier molecular flexibility index (Phi) is 3.91. The minimum atomic E-state index is -0.329. The Bertz CT molecular complexity index is 545. The van der Waals surface area contributed by atoms with Gasteiger partial charge in [0.05, 0.1) is 24.8 Å². The Morgan fingerprint density at radius 1 is 1.50 bits per heavy atom. The molecule has 0 aliphatic carbocycles. The van der Waals surface area contributed by atoms with Gasteiger partial charge in [-0.1, -0.05) is 18.2 Å². The predicted molar refractivity (Wildman–Crippen MR) is 69.7 cm³/mol. The summed E-state index contributed by atoms with van der Waals surface area (Å²) in [5.41, 5.74) is 2.91. The van der Waals surface area contributed by atoms with Gasteiger partial charge in [-0.3, -0.25) is 0 Å². The van der Waals surface area contributed by atoms with Crippen LogP contribution in [-0.4, -0.2) is 22.5 Å². The largest absolute Gasteiger partial charge is 0.463 e. The van der Waals surface area contributed by atoms with Crippen molar-refractivity contribution in [1.29, 1.82) is 0 Å². The van der Waals surface area contributed by atoms with Crippen LogP contribution in [0.1, 0.15) is 12.5 Å². The van der Waals surface area contributed by atoms with Crippen molar-refractivity contribution < 1.29 is 9.53 Å². The summed E-state index contributed by atoms with van der Waals surface area (Å²) >= 11 is 0. The molecule has 4 nitrogen and oxygen atoms in total. The molecule has 2 aromatic rings. The van der Waals surface area contributed by atoms with Crippen LogP contribution >= 0.6 is 0 Å². The van der Waals surface area contributed by atoms with E-state index in [4.69, 9.17) is 4.74 Å². The maximum atomic E-state index is 11.2. The number of imidazole rings is 1. The molecule has 0 radical (unpaired) electrons. The lowest BCUT2D eigenvalue weighted by Gasteiger charge is -1.99. The minimum Gasteiger partial charge on any atom is -0.463 e. The molecule has 0 unspecified atom stereocenters. The first-order valence-corrected chi connectivity index (χ1v) is 5.73. The monoisotopic (exact) mass is 242 g/mol. The van der Waals surface area contributed by atoms with Gasteiger partial charge in [0.2, 0.25) is 0 Å². The van der Waals surface area contributed by atoms with Crippen LogP contribution in [0.2, 0.25) is 0 Å². The number of aromatic nitrogens is 2. The number of H-pyrrole nitrogens is 1. The lowest BCUT2D eigenvalue weighted by Crippen LogP contribution is -1.98. The number of nitrogens with one attached hydrogen (secondary N) is 1. The highest BCUT2D eigenvalue weighted by Gasteiger charge is 1.99. The van der Waals surface area contributed by atoms with E-state index in [1.54, 1.807) is 25.5 Å². The number of nitrogens with zero attached hydrogens (tertiary/aromatic N) is 1. The summed E-state index contributed by atoms with van der Waals surface area (Å²) in [4.78, 5) is 18.2. The number of benzene rings is 1. The third kappa shape index (κ3) is 3.07. The van der Waals surface area contributed by atoms with Gasteiger partial charge in [0.15, 0.2) is 0 Å². The van der Waals surface area contributed by atoms with Crippen LogP contribution in [0.3, 0.4) is 0 Å². The van der Waals surface area contributed by atoms with E-state index in [-0.39, 0.29) is 5.97 Å². The molecular formula is C14H14N2O2. The molecule has 1 N–H and O–H groups in total. The van der Waals surface area contributed by atoms with Crippen LogP contribution in [0, 0.1) is 0 Å². The fourth-order valence-electron chi connectivity index (χ4n) is 1.58. The van der Waals surface area contributed by atoms with E-state index in [1.807, 2.05) is 24.3 Å². The smallest absolute Gasteiger partial charge is 0.330 e. The topological polar surface area (TPSA) is 55.0 Å². The lowest BCUT2D eigenvalue weighted by molar-refractivity contribution is -0.137. The summed E-state index contributed by atoms with van der Waals surface area (Å²) in [5, 5.41) is 0. The lowest BCUT2D eigenvalue weighted by atomic mass is 10.1. The molecule has 18 heavy (non-hydrogen) atoms. The predicted octanol–water partition coefficient (Wildman–Crippen LogP) is 2.65. The Labute approximate surface area is 105 Å². The number of hydrogen-bond donors (Lipinski definition) is 1. The molecule has 0 bridgehead atoms. The third-order valence-electron chi connectivity index (χ3n) is 2.39.